The summed E-state index contributed by atoms with van der Waals surface area (Å²) in [6.45, 7) is 4.97. The van der Waals surface area contributed by atoms with Crippen LogP contribution in [0.2, 0.25) is 0 Å². The van der Waals surface area contributed by atoms with Crippen LogP contribution in [0, 0.1) is 17.6 Å². The van der Waals surface area contributed by atoms with Crippen LogP contribution >= 0.6 is 0 Å². The first-order valence-electron chi connectivity index (χ1n) is 10.1. The molecule has 148 valence electrons. The monoisotopic (exact) mass is 384 g/mol. The van der Waals surface area contributed by atoms with Gasteiger partial charge in [0.25, 0.3) is 0 Å². The Bertz CT molecular complexity index is 848. The summed E-state index contributed by atoms with van der Waals surface area (Å²) in [6.07, 6.45) is 3.90. The first kappa shape index (κ1) is 19.1. The van der Waals surface area contributed by atoms with Crippen molar-refractivity contribution < 1.29 is 13.6 Å². The Hall–Kier alpha value is -2.27. The summed E-state index contributed by atoms with van der Waals surface area (Å²) < 4.78 is 27.0. The van der Waals surface area contributed by atoms with E-state index >= 15 is 0 Å². The molecule has 1 atom stereocenters. The minimum atomic E-state index is -0.581. The normalized spacial score (nSPS) is 19.5. The average Bonchev–Trinajstić information content (AvgIpc) is 2.63. The molecule has 2 aromatic carbocycles. The Morgan fingerprint density at radius 3 is 2.43 bits per heavy atom. The van der Waals surface area contributed by atoms with E-state index in [0.717, 1.165) is 30.6 Å². The van der Waals surface area contributed by atoms with E-state index in [9.17, 15) is 13.6 Å². The summed E-state index contributed by atoms with van der Waals surface area (Å²) >= 11 is 0. The number of piperazine rings is 1. The first-order valence-corrected chi connectivity index (χ1v) is 10.1. The van der Waals surface area contributed by atoms with E-state index in [4.69, 9.17) is 0 Å². The van der Waals surface area contributed by atoms with Crippen molar-refractivity contribution in [2.24, 2.45) is 5.92 Å². The zero-order valence-corrected chi connectivity index (χ0v) is 16.2. The second-order valence-corrected chi connectivity index (χ2v) is 8.04. The highest BCUT2D eigenvalue weighted by Gasteiger charge is 2.33. The second-order valence-electron chi connectivity index (χ2n) is 8.04. The number of halogens is 2. The number of rotatable bonds is 5. The molecule has 1 unspecified atom stereocenters. The Balaban J connectivity index is 1.37. The van der Waals surface area contributed by atoms with Crippen molar-refractivity contribution in [1.29, 1.82) is 0 Å². The third-order valence-electron chi connectivity index (χ3n) is 6.33. The second kappa shape index (κ2) is 8.00. The van der Waals surface area contributed by atoms with Crippen molar-refractivity contribution in [3.63, 3.8) is 0 Å². The number of benzene rings is 2. The fraction of sp³-hybridized carbons (Fsp3) is 0.435. The van der Waals surface area contributed by atoms with E-state index < -0.39 is 11.6 Å². The number of carbonyl (C=O) groups is 1. The molecule has 1 heterocycles. The Labute approximate surface area is 165 Å². The third-order valence-corrected chi connectivity index (χ3v) is 6.33. The lowest BCUT2D eigenvalue weighted by molar-refractivity contribution is -0.138. The Morgan fingerprint density at radius 2 is 1.82 bits per heavy atom. The maximum atomic E-state index is 14.0. The highest BCUT2D eigenvalue weighted by molar-refractivity contribution is 5.79. The van der Waals surface area contributed by atoms with Gasteiger partial charge in [0.2, 0.25) is 5.91 Å². The Kier molecular flexibility index (Phi) is 5.44. The van der Waals surface area contributed by atoms with E-state index in [1.165, 1.54) is 31.4 Å². The fourth-order valence-corrected chi connectivity index (χ4v) is 4.20. The van der Waals surface area contributed by atoms with Crippen molar-refractivity contribution >= 4 is 5.91 Å². The molecule has 28 heavy (non-hydrogen) atoms. The van der Waals surface area contributed by atoms with Gasteiger partial charge in [0.15, 0.2) is 0 Å². The maximum absolute atomic E-state index is 14.0. The molecule has 2 aromatic rings. The van der Waals surface area contributed by atoms with Crippen LogP contribution in [0.15, 0.2) is 42.5 Å². The van der Waals surface area contributed by atoms with Gasteiger partial charge in [-0.15, -0.1) is 0 Å². The summed E-state index contributed by atoms with van der Waals surface area (Å²) in [5.74, 6) is -0.230. The minimum absolute atomic E-state index is 0.172. The summed E-state index contributed by atoms with van der Waals surface area (Å²) in [7, 11) is 0. The van der Waals surface area contributed by atoms with Gasteiger partial charge in [-0.2, -0.15) is 0 Å². The van der Waals surface area contributed by atoms with Crippen molar-refractivity contribution in [3.8, 4) is 11.1 Å². The molecule has 1 saturated carbocycles. The summed E-state index contributed by atoms with van der Waals surface area (Å²) in [4.78, 5) is 16.8. The summed E-state index contributed by atoms with van der Waals surface area (Å²) in [5.41, 5.74) is 2.09. The molecule has 0 aromatic heterocycles. The topological polar surface area (TPSA) is 23.6 Å². The molecule has 2 fully saturated rings. The van der Waals surface area contributed by atoms with Gasteiger partial charge >= 0.3 is 0 Å². The van der Waals surface area contributed by atoms with Crippen molar-refractivity contribution in [3.05, 3.63) is 59.7 Å². The maximum Gasteiger partial charge on any atom is 0.237 e. The van der Waals surface area contributed by atoms with Crippen molar-refractivity contribution in [1.82, 2.24) is 9.80 Å². The van der Waals surface area contributed by atoms with Crippen LogP contribution in [0.3, 0.4) is 0 Å². The largest absolute Gasteiger partial charge is 0.336 e. The third kappa shape index (κ3) is 3.95. The fourth-order valence-electron chi connectivity index (χ4n) is 4.20. The molecule has 4 rings (SSSR count). The van der Waals surface area contributed by atoms with Gasteiger partial charge in [0.1, 0.15) is 11.6 Å². The molecule has 0 N–H and O–H groups in total. The Morgan fingerprint density at radius 1 is 1.07 bits per heavy atom. The van der Waals surface area contributed by atoms with E-state index in [-0.39, 0.29) is 5.91 Å². The van der Waals surface area contributed by atoms with E-state index in [2.05, 4.69) is 11.8 Å². The lowest BCUT2D eigenvalue weighted by Crippen LogP contribution is -2.54. The van der Waals surface area contributed by atoms with Crippen LogP contribution in [0.5, 0.6) is 0 Å². The molecule has 5 heteroatoms. The van der Waals surface area contributed by atoms with Gasteiger partial charge in [-0.25, -0.2) is 8.78 Å². The van der Waals surface area contributed by atoms with Gasteiger partial charge in [-0.1, -0.05) is 30.7 Å². The zero-order valence-electron chi connectivity index (χ0n) is 16.2. The molecule has 0 radical (unpaired) electrons. The van der Waals surface area contributed by atoms with Gasteiger partial charge in [-0.05, 0) is 48.9 Å². The molecule has 1 aliphatic heterocycles. The van der Waals surface area contributed by atoms with Crippen molar-refractivity contribution in [2.75, 3.05) is 19.6 Å². The van der Waals surface area contributed by atoms with Gasteiger partial charge in [-0.3, -0.25) is 9.69 Å². The quantitative estimate of drug-likeness (QED) is 0.760. The highest BCUT2D eigenvalue weighted by Crippen LogP contribution is 2.32. The van der Waals surface area contributed by atoms with Crippen LogP contribution in [0.1, 0.15) is 31.7 Å². The van der Waals surface area contributed by atoms with Gasteiger partial charge in [0, 0.05) is 37.3 Å². The van der Waals surface area contributed by atoms with E-state index in [1.807, 2.05) is 29.2 Å². The first-order chi connectivity index (χ1) is 13.5. The van der Waals surface area contributed by atoms with Gasteiger partial charge < -0.3 is 4.90 Å². The molecule has 0 spiro atoms. The lowest BCUT2D eigenvalue weighted by Gasteiger charge is -2.43. The average molecular weight is 384 g/mol. The molecule has 3 nitrogen and oxygen atoms in total. The number of nitrogens with zero attached hydrogens (tertiary/aromatic N) is 2. The van der Waals surface area contributed by atoms with Crippen LogP contribution in [0.4, 0.5) is 8.78 Å². The number of hydrogen-bond acceptors (Lipinski definition) is 2. The van der Waals surface area contributed by atoms with E-state index in [0.29, 0.717) is 30.3 Å². The molecule has 0 bridgehead atoms. The highest BCUT2D eigenvalue weighted by atomic mass is 19.1. The van der Waals surface area contributed by atoms with Crippen molar-refractivity contribution in [2.45, 2.75) is 38.8 Å². The minimum Gasteiger partial charge on any atom is -0.336 e. The van der Waals surface area contributed by atoms with Gasteiger partial charge in [0.05, 0.1) is 6.54 Å². The molecule has 1 amide bonds. The molecular formula is C23H26F2N2O. The van der Waals surface area contributed by atoms with Crippen LogP contribution in [0.25, 0.3) is 11.1 Å². The lowest BCUT2D eigenvalue weighted by atomic mass is 9.79. The zero-order chi connectivity index (χ0) is 19.7. The van der Waals surface area contributed by atoms with E-state index in [1.54, 1.807) is 0 Å². The van der Waals surface area contributed by atoms with Crippen LogP contribution in [-0.4, -0.2) is 41.4 Å². The SMILES string of the molecule is CC(C1CCC1)N1CCN(Cc2ccc(-c3ccc(F)cc3F)cc2)C(=O)C1. The number of amides is 1. The predicted molar refractivity (Wildman–Crippen MR) is 106 cm³/mol. The molecule has 2 aliphatic rings. The predicted octanol–water partition coefficient (Wildman–Crippen LogP) is 4.46. The molecular weight excluding hydrogens is 358 g/mol. The van der Waals surface area contributed by atoms with Crippen LogP contribution in [-0.2, 0) is 11.3 Å². The summed E-state index contributed by atoms with van der Waals surface area (Å²) in [5, 5.41) is 0. The molecule has 1 aliphatic carbocycles. The number of carbonyl (C=O) groups excluding carboxylic acids is 1. The van der Waals surface area contributed by atoms with Crippen LogP contribution < -0.4 is 0 Å². The summed E-state index contributed by atoms with van der Waals surface area (Å²) in [6, 6.07) is 11.6. The standard InChI is InChI=1S/C23H26F2N2O/c1-16(18-3-2-4-18)26-11-12-27(23(28)15-26)14-17-5-7-19(8-6-17)21-10-9-20(24)13-22(21)25/h5-10,13,16,18H,2-4,11-12,14-15H2,1H3. The molecule has 1 saturated heterocycles. The number of hydrogen-bond donors (Lipinski definition) is 0. The smallest absolute Gasteiger partial charge is 0.237 e.